The molecule has 8 heteroatoms. The number of methoxy groups -OCH3 is 2. The van der Waals surface area contributed by atoms with Gasteiger partial charge >= 0.3 is 0 Å². The van der Waals surface area contributed by atoms with Crippen LogP contribution in [0.15, 0.2) is 48.5 Å². The predicted octanol–water partition coefficient (Wildman–Crippen LogP) is 3.89. The molecule has 2 aromatic carbocycles. The number of hydrogen-bond acceptors (Lipinski definition) is 5. The van der Waals surface area contributed by atoms with Gasteiger partial charge in [0.2, 0.25) is 5.91 Å². The van der Waals surface area contributed by atoms with Crippen molar-refractivity contribution in [3.63, 3.8) is 0 Å². The Bertz CT molecular complexity index is 1010. The van der Waals surface area contributed by atoms with Crippen LogP contribution >= 0.6 is 12.2 Å². The summed E-state index contributed by atoms with van der Waals surface area (Å²) in [5, 5.41) is 10.1. The first-order valence-electron chi connectivity index (χ1n) is 9.28. The smallest absolute Gasteiger partial charge is 0.240 e. The Balaban J connectivity index is 1.75. The third-order valence-corrected chi connectivity index (χ3v) is 4.98. The first-order valence-corrected chi connectivity index (χ1v) is 9.69. The van der Waals surface area contributed by atoms with Crippen molar-refractivity contribution in [2.24, 2.45) is 0 Å². The van der Waals surface area contributed by atoms with Crippen LogP contribution in [0.1, 0.15) is 24.9 Å². The molecule has 0 saturated carbocycles. The lowest BCUT2D eigenvalue weighted by Gasteiger charge is -2.18. The molecular weight excluding hydrogens is 388 g/mol. The van der Waals surface area contributed by atoms with Gasteiger partial charge in [-0.15, -0.1) is 0 Å². The van der Waals surface area contributed by atoms with Crippen LogP contribution < -0.4 is 14.8 Å². The minimum Gasteiger partial charge on any atom is -0.497 e. The highest BCUT2D eigenvalue weighted by molar-refractivity contribution is 7.71. The quantitative estimate of drug-likeness (QED) is 0.549. The third kappa shape index (κ3) is 4.83. The molecular formula is C21H24N4O3S. The molecule has 1 aromatic heterocycles. The maximum absolute atomic E-state index is 12.7. The Kier molecular flexibility index (Phi) is 6.66. The first-order chi connectivity index (χ1) is 14.0. The molecule has 0 radical (unpaired) electrons. The van der Waals surface area contributed by atoms with Crippen molar-refractivity contribution in [2.75, 3.05) is 14.2 Å². The van der Waals surface area contributed by atoms with Crippen molar-refractivity contribution in [3.8, 4) is 22.9 Å². The Hall–Kier alpha value is -3.13. The molecule has 0 aliphatic carbocycles. The minimum atomic E-state index is -0.139. The number of H-pyrrole nitrogens is 1. The second-order valence-electron chi connectivity index (χ2n) is 6.47. The minimum absolute atomic E-state index is 0.0728. The van der Waals surface area contributed by atoms with Crippen LogP contribution in [-0.2, 0) is 11.3 Å². The van der Waals surface area contributed by atoms with Crippen LogP contribution in [0, 0.1) is 4.77 Å². The fourth-order valence-electron chi connectivity index (χ4n) is 3.07. The second kappa shape index (κ2) is 9.38. The molecule has 0 spiro atoms. The monoisotopic (exact) mass is 412 g/mol. The van der Waals surface area contributed by atoms with Crippen molar-refractivity contribution in [3.05, 3.63) is 58.9 Å². The number of aromatic nitrogens is 3. The number of carbonyl (C=O) groups excluding carboxylic acids is 1. The van der Waals surface area contributed by atoms with E-state index < -0.39 is 0 Å². The maximum Gasteiger partial charge on any atom is 0.240 e. The van der Waals surface area contributed by atoms with Crippen molar-refractivity contribution in [1.82, 2.24) is 20.1 Å². The van der Waals surface area contributed by atoms with Gasteiger partial charge in [0.1, 0.15) is 18.0 Å². The highest BCUT2D eigenvalue weighted by Crippen LogP contribution is 2.22. The molecule has 3 rings (SSSR count). The van der Waals surface area contributed by atoms with Gasteiger partial charge in [0.25, 0.3) is 0 Å². The Morgan fingerprint density at radius 3 is 2.24 bits per heavy atom. The molecule has 2 N–H and O–H groups in total. The fraction of sp³-hybridized carbons (Fsp3) is 0.286. The molecule has 3 aromatic rings. The summed E-state index contributed by atoms with van der Waals surface area (Å²) < 4.78 is 12.5. The van der Waals surface area contributed by atoms with Crippen molar-refractivity contribution in [1.29, 1.82) is 0 Å². The largest absolute Gasteiger partial charge is 0.497 e. The van der Waals surface area contributed by atoms with E-state index in [1.807, 2.05) is 55.5 Å². The zero-order valence-corrected chi connectivity index (χ0v) is 17.5. The maximum atomic E-state index is 12.7. The van der Waals surface area contributed by atoms with E-state index in [0.717, 1.165) is 29.0 Å². The molecule has 0 aliphatic rings. The van der Waals surface area contributed by atoms with E-state index in [4.69, 9.17) is 21.7 Å². The van der Waals surface area contributed by atoms with Gasteiger partial charge in [0.05, 0.1) is 20.3 Å². The van der Waals surface area contributed by atoms with Gasteiger partial charge in [-0.05, 0) is 60.6 Å². The predicted molar refractivity (Wildman–Crippen MR) is 114 cm³/mol. The highest BCUT2D eigenvalue weighted by atomic mass is 32.1. The summed E-state index contributed by atoms with van der Waals surface area (Å²) in [6.07, 6.45) is 0.764. The second-order valence-corrected chi connectivity index (χ2v) is 6.86. The molecule has 0 saturated heterocycles. The van der Waals surface area contributed by atoms with Crippen molar-refractivity contribution < 1.29 is 14.3 Å². The van der Waals surface area contributed by atoms with Gasteiger partial charge in [-0.2, -0.15) is 5.10 Å². The summed E-state index contributed by atoms with van der Waals surface area (Å²) in [6, 6.07) is 15.0. The molecule has 1 atom stereocenters. The van der Waals surface area contributed by atoms with E-state index in [-0.39, 0.29) is 18.5 Å². The lowest BCUT2D eigenvalue weighted by atomic mass is 10.0. The number of nitrogens with one attached hydrogen (secondary N) is 2. The average Bonchev–Trinajstić information content (AvgIpc) is 3.12. The van der Waals surface area contributed by atoms with Gasteiger partial charge in [0, 0.05) is 5.56 Å². The number of amides is 1. The first kappa shape index (κ1) is 20.6. The number of nitrogens with zero attached hydrogens (tertiary/aromatic N) is 2. The fourth-order valence-corrected chi connectivity index (χ4v) is 3.26. The number of ether oxygens (including phenoxy) is 2. The van der Waals surface area contributed by atoms with E-state index in [1.54, 1.807) is 18.8 Å². The molecule has 152 valence electrons. The molecule has 7 nitrogen and oxygen atoms in total. The summed E-state index contributed by atoms with van der Waals surface area (Å²) in [5.74, 6) is 1.99. The average molecular weight is 413 g/mol. The summed E-state index contributed by atoms with van der Waals surface area (Å²) >= 11 is 5.33. The topological polar surface area (TPSA) is 81.2 Å². The highest BCUT2D eigenvalue weighted by Gasteiger charge is 2.16. The van der Waals surface area contributed by atoms with Crippen molar-refractivity contribution >= 4 is 18.1 Å². The molecule has 1 amide bonds. The number of hydrogen-bond donors (Lipinski definition) is 2. The number of benzene rings is 2. The number of rotatable bonds is 8. The number of aromatic amines is 1. The summed E-state index contributed by atoms with van der Waals surface area (Å²) in [5.41, 5.74) is 1.86. The van der Waals surface area contributed by atoms with Crippen LogP contribution in [0.25, 0.3) is 11.4 Å². The molecule has 0 aliphatic heterocycles. The zero-order valence-electron chi connectivity index (χ0n) is 16.6. The van der Waals surface area contributed by atoms with Gasteiger partial charge in [-0.25, -0.2) is 0 Å². The Labute approximate surface area is 174 Å². The lowest BCUT2D eigenvalue weighted by Crippen LogP contribution is -2.31. The van der Waals surface area contributed by atoms with Crippen LogP contribution in [-0.4, -0.2) is 34.9 Å². The Morgan fingerprint density at radius 2 is 1.69 bits per heavy atom. The summed E-state index contributed by atoms with van der Waals surface area (Å²) in [6.45, 7) is 2.10. The normalized spacial score (nSPS) is 11.7. The van der Waals surface area contributed by atoms with E-state index in [1.165, 1.54) is 0 Å². The molecule has 0 fully saturated rings. The summed E-state index contributed by atoms with van der Waals surface area (Å²) in [7, 11) is 3.24. The van der Waals surface area contributed by atoms with E-state index in [0.29, 0.717) is 10.6 Å². The van der Waals surface area contributed by atoms with E-state index in [2.05, 4.69) is 15.5 Å². The SMILES string of the molecule is CCC(NC(=O)Cn1c(-c2ccc(OC)cc2)n[nH]c1=S)c1ccc(OC)cc1. The standard InChI is InChI=1S/C21H24N4O3S/c1-4-18(14-5-9-16(27-2)10-6-14)22-19(26)13-25-20(23-24-21(25)29)15-7-11-17(28-3)12-8-15/h5-12,18H,4,13H2,1-3H3,(H,22,26)(H,24,29). The molecule has 1 unspecified atom stereocenters. The third-order valence-electron chi connectivity index (χ3n) is 4.67. The van der Waals surface area contributed by atoms with Gasteiger partial charge < -0.3 is 14.8 Å². The van der Waals surface area contributed by atoms with E-state index >= 15 is 0 Å². The van der Waals surface area contributed by atoms with Crippen LogP contribution in [0.4, 0.5) is 0 Å². The molecule has 1 heterocycles. The molecule has 29 heavy (non-hydrogen) atoms. The zero-order chi connectivity index (χ0) is 20.8. The van der Waals surface area contributed by atoms with Crippen LogP contribution in [0.5, 0.6) is 11.5 Å². The van der Waals surface area contributed by atoms with Crippen LogP contribution in [0.2, 0.25) is 0 Å². The number of carbonyl (C=O) groups is 1. The van der Waals surface area contributed by atoms with Crippen molar-refractivity contribution in [2.45, 2.75) is 25.9 Å². The Morgan fingerprint density at radius 1 is 1.10 bits per heavy atom. The molecule has 0 bridgehead atoms. The van der Waals surface area contributed by atoms with E-state index in [9.17, 15) is 4.79 Å². The lowest BCUT2D eigenvalue weighted by molar-refractivity contribution is -0.122. The van der Waals surface area contributed by atoms with Crippen LogP contribution in [0.3, 0.4) is 0 Å². The van der Waals surface area contributed by atoms with Gasteiger partial charge in [-0.1, -0.05) is 19.1 Å². The summed E-state index contributed by atoms with van der Waals surface area (Å²) in [4.78, 5) is 12.7. The van der Waals surface area contributed by atoms with Gasteiger partial charge in [0.15, 0.2) is 10.6 Å². The van der Waals surface area contributed by atoms with Gasteiger partial charge in [-0.3, -0.25) is 14.5 Å².